The van der Waals surface area contributed by atoms with Crippen molar-refractivity contribution in [2.75, 3.05) is 6.54 Å². The largest absolute Gasteiger partial charge is 0.502 e. The van der Waals surface area contributed by atoms with Gasteiger partial charge in [0.15, 0.2) is 5.75 Å². The zero-order valence-corrected chi connectivity index (χ0v) is 12.9. The van der Waals surface area contributed by atoms with Gasteiger partial charge in [0, 0.05) is 18.2 Å². The number of nitrogens with one attached hydrogen (secondary N) is 1. The van der Waals surface area contributed by atoms with Gasteiger partial charge in [-0.15, -0.1) is 12.4 Å². The first-order chi connectivity index (χ1) is 9.21. The topological polar surface area (TPSA) is 118 Å². The maximum atomic E-state index is 12.1. The zero-order valence-electron chi connectivity index (χ0n) is 12.1. The van der Waals surface area contributed by atoms with Crippen molar-refractivity contribution in [2.24, 2.45) is 11.7 Å². The van der Waals surface area contributed by atoms with Gasteiger partial charge in [-0.05, 0) is 25.0 Å². The van der Waals surface area contributed by atoms with Crippen LogP contribution < -0.4 is 11.1 Å². The molecule has 0 spiro atoms. The molecule has 0 aromatic heterocycles. The lowest BCUT2D eigenvalue weighted by molar-refractivity contribution is -0.385. The first kappa shape index (κ1) is 19.1. The van der Waals surface area contributed by atoms with Crippen molar-refractivity contribution in [1.82, 2.24) is 5.32 Å². The van der Waals surface area contributed by atoms with Crippen LogP contribution in [0.2, 0.25) is 0 Å². The van der Waals surface area contributed by atoms with Gasteiger partial charge in [-0.3, -0.25) is 14.9 Å². The Labute approximate surface area is 129 Å². The molecule has 21 heavy (non-hydrogen) atoms. The van der Waals surface area contributed by atoms with Gasteiger partial charge in [-0.2, -0.15) is 0 Å². The van der Waals surface area contributed by atoms with E-state index in [-0.39, 0.29) is 30.4 Å². The lowest BCUT2D eigenvalue weighted by Gasteiger charge is -2.33. The van der Waals surface area contributed by atoms with Crippen LogP contribution in [0.15, 0.2) is 18.2 Å². The number of phenols is 1. The van der Waals surface area contributed by atoms with Gasteiger partial charge in [0.25, 0.3) is 5.91 Å². The first-order valence-electron chi connectivity index (χ1n) is 6.21. The van der Waals surface area contributed by atoms with Gasteiger partial charge in [-0.25, -0.2) is 0 Å². The number of carbonyl (C=O) groups excluding carboxylic acids is 1. The molecule has 1 unspecified atom stereocenters. The number of nitrogens with zero attached hydrogens (tertiary/aromatic N) is 1. The molecule has 0 aliphatic rings. The van der Waals surface area contributed by atoms with E-state index in [2.05, 4.69) is 5.32 Å². The minimum Gasteiger partial charge on any atom is -0.502 e. The van der Waals surface area contributed by atoms with Crippen LogP contribution in [0.1, 0.15) is 31.1 Å². The number of hydrogen-bond acceptors (Lipinski definition) is 5. The second-order valence-corrected chi connectivity index (χ2v) is 5.19. The fraction of sp³-hybridized carbons (Fsp3) is 0.462. The molecule has 0 aliphatic carbocycles. The molecule has 0 saturated heterocycles. The number of phenolic OH excluding ortho intramolecular Hbond substituents is 1. The van der Waals surface area contributed by atoms with Crippen molar-refractivity contribution in [2.45, 2.75) is 26.3 Å². The van der Waals surface area contributed by atoms with Crippen LogP contribution >= 0.6 is 12.4 Å². The Morgan fingerprint density at radius 3 is 2.48 bits per heavy atom. The molecule has 118 valence electrons. The van der Waals surface area contributed by atoms with E-state index in [9.17, 15) is 20.0 Å². The molecule has 0 saturated carbocycles. The molecule has 1 amide bonds. The molecule has 7 nitrogen and oxygen atoms in total. The van der Waals surface area contributed by atoms with Crippen molar-refractivity contribution >= 4 is 24.0 Å². The molecule has 4 N–H and O–H groups in total. The average molecular weight is 318 g/mol. The summed E-state index contributed by atoms with van der Waals surface area (Å²) >= 11 is 0. The van der Waals surface area contributed by atoms with Gasteiger partial charge in [-0.1, -0.05) is 13.8 Å². The zero-order chi connectivity index (χ0) is 15.5. The van der Waals surface area contributed by atoms with Crippen molar-refractivity contribution < 1.29 is 14.8 Å². The number of amides is 1. The molecule has 1 atom stereocenters. The van der Waals surface area contributed by atoms with Crippen molar-refractivity contribution in [3.05, 3.63) is 33.9 Å². The highest BCUT2D eigenvalue weighted by Gasteiger charge is 2.29. The highest BCUT2D eigenvalue weighted by Crippen LogP contribution is 2.26. The van der Waals surface area contributed by atoms with E-state index in [0.29, 0.717) is 0 Å². The van der Waals surface area contributed by atoms with E-state index in [4.69, 9.17) is 5.73 Å². The third-order valence-electron chi connectivity index (χ3n) is 3.53. The van der Waals surface area contributed by atoms with Crippen LogP contribution in [0.3, 0.4) is 0 Å². The monoisotopic (exact) mass is 317 g/mol. The standard InChI is InChI=1S/C13H19N3O4.ClH/c1-8(2)13(3,7-14)15-12(18)9-4-5-10(16(19)20)11(17)6-9;/h4-6,8,17H,7,14H2,1-3H3,(H,15,18);1H. The lowest BCUT2D eigenvalue weighted by atomic mass is 9.88. The van der Waals surface area contributed by atoms with E-state index >= 15 is 0 Å². The van der Waals surface area contributed by atoms with E-state index in [1.807, 2.05) is 20.8 Å². The van der Waals surface area contributed by atoms with Crippen LogP contribution in [-0.4, -0.2) is 28.0 Å². The normalized spacial score (nSPS) is 13.2. The predicted molar refractivity (Wildman–Crippen MR) is 81.8 cm³/mol. The summed E-state index contributed by atoms with van der Waals surface area (Å²) in [4.78, 5) is 22.0. The SMILES string of the molecule is CC(C)C(C)(CN)NC(=O)c1ccc([N+](=O)[O-])c(O)c1.Cl. The summed E-state index contributed by atoms with van der Waals surface area (Å²) in [6.07, 6.45) is 0. The van der Waals surface area contributed by atoms with Gasteiger partial charge in [0.05, 0.1) is 10.5 Å². The maximum Gasteiger partial charge on any atom is 0.310 e. The molecule has 0 aliphatic heterocycles. The number of carbonyl (C=O) groups is 1. The van der Waals surface area contributed by atoms with Crippen LogP contribution in [0, 0.1) is 16.0 Å². The van der Waals surface area contributed by atoms with Crippen LogP contribution in [0.5, 0.6) is 5.75 Å². The number of nitrogens with two attached hydrogens (primary N) is 1. The lowest BCUT2D eigenvalue weighted by Crippen LogP contribution is -2.55. The number of benzene rings is 1. The summed E-state index contributed by atoms with van der Waals surface area (Å²) in [5.41, 5.74) is 4.79. The first-order valence-corrected chi connectivity index (χ1v) is 6.21. The molecule has 1 aromatic rings. The van der Waals surface area contributed by atoms with Crippen molar-refractivity contribution in [3.63, 3.8) is 0 Å². The summed E-state index contributed by atoms with van der Waals surface area (Å²) < 4.78 is 0. The molecular weight excluding hydrogens is 298 g/mol. The summed E-state index contributed by atoms with van der Waals surface area (Å²) in [5.74, 6) is -0.860. The van der Waals surface area contributed by atoms with Crippen molar-refractivity contribution in [3.8, 4) is 5.75 Å². The third kappa shape index (κ3) is 4.30. The van der Waals surface area contributed by atoms with Gasteiger partial charge >= 0.3 is 5.69 Å². The summed E-state index contributed by atoms with van der Waals surface area (Å²) in [7, 11) is 0. The second kappa shape index (κ2) is 7.24. The smallest absolute Gasteiger partial charge is 0.310 e. The summed E-state index contributed by atoms with van der Waals surface area (Å²) in [5, 5.41) is 22.9. The Morgan fingerprint density at radius 2 is 2.10 bits per heavy atom. The van der Waals surface area contributed by atoms with E-state index < -0.39 is 27.8 Å². The fourth-order valence-electron chi connectivity index (χ4n) is 1.58. The summed E-state index contributed by atoms with van der Waals surface area (Å²) in [6.45, 7) is 5.94. The highest BCUT2D eigenvalue weighted by atomic mass is 35.5. The Bertz CT molecular complexity index is 536. The number of rotatable bonds is 5. The number of nitro groups is 1. The molecular formula is C13H20ClN3O4. The van der Waals surface area contributed by atoms with Crippen LogP contribution in [0.25, 0.3) is 0 Å². The van der Waals surface area contributed by atoms with Crippen molar-refractivity contribution in [1.29, 1.82) is 0 Å². The van der Waals surface area contributed by atoms with Gasteiger partial charge < -0.3 is 16.2 Å². The Morgan fingerprint density at radius 1 is 1.52 bits per heavy atom. The number of halogens is 1. The molecule has 1 aromatic carbocycles. The molecule has 1 rings (SSSR count). The minimum absolute atomic E-state index is 0. The Balaban J connectivity index is 0.00000400. The van der Waals surface area contributed by atoms with Gasteiger partial charge in [0.1, 0.15) is 0 Å². The highest BCUT2D eigenvalue weighted by molar-refractivity contribution is 5.95. The summed E-state index contributed by atoms with van der Waals surface area (Å²) in [6, 6.07) is 3.47. The Hall–Kier alpha value is -1.86. The fourth-order valence-corrected chi connectivity index (χ4v) is 1.58. The van der Waals surface area contributed by atoms with E-state index in [0.717, 1.165) is 12.1 Å². The molecule has 0 radical (unpaired) electrons. The van der Waals surface area contributed by atoms with Gasteiger partial charge in [0.2, 0.25) is 0 Å². The third-order valence-corrected chi connectivity index (χ3v) is 3.53. The quantitative estimate of drug-likeness (QED) is 0.565. The second-order valence-electron chi connectivity index (χ2n) is 5.19. The number of nitro benzene ring substituents is 1. The maximum absolute atomic E-state index is 12.1. The van der Waals surface area contributed by atoms with E-state index in [1.54, 1.807) is 0 Å². The Kier molecular flexibility index (Phi) is 6.59. The van der Waals surface area contributed by atoms with Crippen LogP contribution in [0.4, 0.5) is 5.69 Å². The molecule has 0 fully saturated rings. The average Bonchev–Trinajstić information content (AvgIpc) is 2.37. The van der Waals surface area contributed by atoms with Crippen LogP contribution in [-0.2, 0) is 0 Å². The molecule has 0 bridgehead atoms. The molecule has 8 heteroatoms. The van der Waals surface area contributed by atoms with E-state index in [1.165, 1.54) is 6.07 Å². The number of hydrogen-bond donors (Lipinski definition) is 3. The minimum atomic E-state index is -0.713. The molecule has 0 heterocycles. The number of aromatic hydroxyl groups is 1. The predicted octanol–water partition coefficient (Wildman–Crippen LogP) is 1.83.